The molecule has 1 aliphatic rings. The smallest absolute Gasteiger partial charge is 0.396 e. The number of hydrogen-bond acceptors (Lipinski definition) is 4. The molecule has 11 heteroatoms. The molecule has 1 aromatic heterocycles. The molecule has 2 amide bonds. The third-order valence-corrected chi connectivity index (χ3v) is 5.13. The number of aromatic nitrogens is 1. The lowest BCUT2D eigenvalue weighted by Gasteiger charge is -2.40. The molecule has 1 saturated heterocycles. The van der Waals surface area contributed by atoms with Crippen molar-refractivity contribution in [2.24, 2.45) is 0 Å². The zero-order chi connectivity index (χ0) is 23.6. The molecule has 2 heterocycles. The monoisotopic (exact) mass is 471 g/mol. The number of carbonyl (C=O) groups excluding carboxylic acids is 2. The molecule has 0 saturated carbocycles. The molecule has 0 aliphatic carbocycles. The average molecular weight is 472 g/mol. The van der Waals surface area contributed by atoms with Crippen molar-refractivity contribution >= 4 is 29.2 Å². The van der Waals surface area contributed by atoms with Gasteiger partial charge < -0.3 is 10.0 Å². The van der Waals surface area contributed by atoms with Crippen LogP contribution >= 0.6 is 11.6 Å². The first-order chi connectivity index (χ1) is 15.0. The average Bonchev–Trinajstić information content (AvgIpc) is 2.71. The highest BCUT2D eigenvalue weighted by molar-refractivity contribution is 6.30. The standard InChI is InChI=1S/C21H18ClF4N3O3/c1-12(6-7-30)18-20(32)29(19-16(23)8-15(22)9-27-19)11-17(31)28(18)10-13-2-4-14(5-3-13)21(24,25)26/h2-5,8-9,18,30H,1,6-7,10-11H2/t18-/m1/s1. The predicted molar refractivity (Wildman–Crippen MR) is 108 cm³/mol. The second kappa shape index (κ2) is 9.25. The summed E-state index contributed by atoms with van der Waals surface area (Å²) in [7, 11) is 0. The highest BCUT2D eigenvalue weighted by atomic mass is 35.5. The molecular formula is C21H18ClF4N3O3. The highest BCUT2D eigenvalue weighted by Crippen LogP contribution is 2.31. The van der Waals surface area contributed by atoms with E-state index in [0.29, 0.717) is 5.56 Å². The Labute approximate surface area is 185 Å². The van der Waals surface area contributed by atoms with E-state index in [0.717, 1.165) is 34.2 Å². The highest BCUT2D eigenvalue weighted by Gasteiger charge is 2.42. The van der Waals surface area contributed by atoms with Crippen molar-refractivity contribution in [1.82, 2.24) is 9.88 Å². The van der Waals surface area contributed by atoms with Crippen molar-refractivity contribution < 1.29 is 32.3 Å². The number of alkyl halides is 3. The molecule has 1 aliphatic heterocycles. The van der Waals surface area contributed by atoms with Crippen LogP contribution in [0.25, 0.3) is 0 Å². The first-order valence-electron chi connectivity index (χ1n) is 9.39. The first kappa shape index (κ1) is 23.7. The molecule has 1 aromatic carbocycles. The van der Waals surface area contributed by atoms with Crippen molar-refractivity contribution in [1.29, 1.82) is 0 Å². The van der Waals surface area contributed by atoms with Gasteiger partial charge in [-0.25, -0.2) is 9.37 Å². The van der Waals surface area contributed by atoms with Gasteiger partial charge in [-0.15, -0.1) is 0 Å². The van der Waals surface area contributed by atoms with E-state index in [-0.39, 0.29) is 36.0 Å². The summed E-state index contributed by atoms with van der Waals surface area (Å²) < 4.78 is 52.8. The number of pyridine rings is 1. The number of aliphatic hydroxyl groups is 1. The summed E-state index contributed by atoms with van der Waals surface area (Å²) in [5.74, 6) is -2.58. The number of hydrogen-bond donors (Lipinski definition) is 1. The van der Waals surface area contributed by atoms with Crippen LogP contribution in [0.5, 0.6) is 0 Å². The van der Waals surface area contributed by atoms with E-state index in [4.69, 9.17) is 11.6 Å². The summed E-state index contributed by atoms with van der Waals surface area (Å²) >= 11 is 5.70. The van der Waals surface area contributed by atoms with Gasteiger partial charge in [0.2, 0.25) is 5.91 Å². The Kier molecular flexibility index (Phi) is 6.85. The zero-order valence-electron chi connectivity index (χ0n) is 16.6. The number of amides is 2. The zero-order valence-corrected chi connectivity index (χ0v) is 17.3. The largest absolute Gasteiger partial charge is 0.416 e. The van der Waals surface area contributed by atoms with Crippen LogP contribution in [0.4, 0.5) is 23.4 Å². The fourth-order valence-corrected chi connectivity index (χ4v) is 3.51. The fourth-order valence-electron chi connectivity index (χ4n) is 3.36. The Morgan fingerprint density at radius 3 is 2.47 bits per heavy atom. The Balaban J connectivity index is 1.93. The molecule has 3 rings (SSSR count). The lowest BCUT2D eigenvalue weighted by atomic mass is 9.98. The number of piperazine rings is 1. The number of halogens is 5. The van der Waals surface area contributed by atoms with Crippen molar-refractivity contribution in [3.8, 4) is 0 Å². The van der Waals surface area contributed by atoms with Crippen LogP contribution < -0.4 is 4.90 Å². The van der Waals surface area contributed by atoms with E-state index in [1.807, 2.05) is 0 Å². The van der Waals surface area contributed by atoms with Crippen LogP contribution in [0.2, 0.25) is 5.02 Å². The van der Waals surface area contributed by atoms with Gasteiger partial charge >= 0.3 is 6.18 Å². The van der Waals surface area contributed by atoms with Crippen LogP contribution in [-0.2, 0) is 22.3 Å². The normalized spacial score (nSPS) is 17.1. The van der Waals surface area contributed by atoms with Gasteiger partial charge in [-0.2, -0.15) is 13.2 Å². The van der Waals surface area contributed by atoms with Gasteiger partial charge in [0.15, 0.2) is 11.6 Å². The molecular weight excluding hydrogens is 454 g/mol. The van der Waals surface area contributed by atoms with Crippen molar-refractivity contribution in [3.05, 3.63) is 70.6 Å². The molecule has 32 heavy (non-hydrogen) atoms. The summed E-state index contributed by atoms with van der Waals surface area (Å²) in [5.41, 5.74) is -0.305. The van der Waals surface area contributed by atoms with Crippen LogP contribution in [0.1, 0.15) is 17.5 Å². The minimum atomic E-state index is -4.51. The molecule has 1 N–H and O–H groups in total. The fraction of sp³-hybridized carbons (Fsp3) is 0.286. The molecule has 170 valence electrons. The third kappa shape index (κ3) is 4.91. The maximum Gasteiger partial charge on any atom is 0.416 e. The summed E-state index contributed by atoms with van der Waals surface area (Å²) in [5, 5.41) is 9.28. The molecule has 0 spiro atoms. The number of rotatable bonds is 6. The number of carbonyl (C=O) groups is 2. The molecule has 0 bridgehead atoms. The summed E-state index contributed by atoms with van der Waals surface area (Å²) in [4.78, 5) is 32.0. The molecule has 6 nitrogen and oxygen atoms in total. The molecule has 0 unspecified atom stereocenters. The van der Waals surface area contributed by atoms with E-state index in [1.165, 1.54) is 12.1 Å². The van der Waals surface area contributed by atoms with E-state index in [9.17, 15) is 32.3 Å². The molecule has 1 atom stereocenters. The Bertz CT molecular complexity index is 1040. The van der Waals surface area contributed by atoms with E-state index in [2.05, 4.69) is 11.6 Å². The third-order valence-electron chi connectivity index (χ3n) is 4.92. The number of nitrogens with zero attached hydrogens (tertiary/aromatic N) is 3. The Morgan fingerprint density at radius 2 is 1.91 bits per heavy atom. The van der Waals surface area contributed by atoms with E-state index < -0.39 is 42.0 Å². The maximum absolute atomic E-state index is 14.4. The van der Waals surface area contributed by atoms with Gasteiger partial charge in [-0.05, 0) is 35.8 Å². The van der Waals surface area contributed by atoms with Crippen LogP contribution in [0.15, 0.2) is 48.7 Å². The quantitative estimate of drug-likeness (QED) is 0.516. The molecule has 2 aromatic rings. The van der Waals surface area contributed by atoms with Gasteiger partial charge in [0.25, 0.3) is 5.91 Å². The number of aliphatic hydroxyl groups excluding tert-OH is 1. The summed E-state index contributed by atoms with van der Waals surface area (Å²) in [6.07, 6.45) is -3.40. The van der Waals surface area contributed by atoms with Gasteiger partial charge in [0.1, 0.15) is 12.6 Å². The SMILES string of the molecule is C=C(CCO)[C@@H]1C(=O)N(c2ncc(Cl)cc2F)CC(=O)N1Cc1ccc(C(F)(F)F)cc1. The lowest BCUT2D eigenvalue weighted by Crippen LogP contribution is -2.60. The molecule has 1 fully saturated rings. The van der Waals surface area contributed by atoms with Crippen LogP contribution in [0, 0.1) is 5.82 Å². The summed E-state index contributed by atoms with van der Waals surface area (Å²) in [6.45, 7) is 2.71. The van der Waals surface area contributed by atoms with E-state index in [1.54, 1.807) is 0 Å². The minimum Gasteiger partial charge on any atom is -0.396 e. The van der Waals surface area contributed by atoms with Crippen molar-refractivity contribution in [2.75, 3.05) is 18.1 Å². The van der Waals surface area contributed by atoms with Crippen molar-refractivity contribution in [2.45, 2.75) is 25.2 Å². The van der Waals surface area contributed by atoms with Crippen LogP contribution in [-0.4, -0.2) is 46.0 Å². The lowest BCUT2D eigenvalue weighted by molar-refractivity contribution is -0.142. The number of anilines is 1. The van der Waals surface area contributed by atoms with Crippen LogP contribution in [0.3, 0.4) is 0 Å². The topological polar surface area (TPSA) is 73.7 Å². The summed E-state index contributed by atoms with van der Waals surface area (Å²) in [6, 6.07) is 3.86. The predicted octanol–water partition coefficient (Wildman–Crippen LogP) is 3.58. The van der Waals surface area contributed by atoms with Crippen molar-refractivity contribution in [3.63, 3.8) is 0 Å². The first-order valence-corrected chi connectivity index (χ1v) is 9.77. The Morgan fingerprint density at radius 1 is 1.25 bits per heavy atom. The van der Waals surface area contributed by atoms with Gasteiger partial charge in [0, 0.05) is 19.3 Å². The van der Waals surface area contributed by atoms with Gasteiger partial charge in [-0.3, -0.25) is 14.5 Å². The second-order valence-corrected chi connectivity index (χ2v) is 7.57. The Hall–Kier alpha value is -2.98. The number of benzene rings is 1. The minimum absolute atomic E-state index is 0.00667. The molecule has 0 radical (unpaired) electrons. The maximum atomic E-state index is 14.4. The van der Waals surface area contributed by atoms with E-state index >= 15 is 0 Å². The second-order valence-electron chi connectivity index (χ2n) is 7.13. The van der Waals surface area contributed by atoms with Gasteiger partial charge in [0.05, 0.1) is 10.6 Å². The van der Waals surface area contributed by atoms with Gasteiger partial charge in [-0.1, -0.05) is 30.3 Å².